The molecule has 0 spiro atoms. The number of fused-ring (bicyclic) bond motifs is 1. The van der Waals surface area contributed by atoms with E-state index in [0.29, 0.717) is 27.2 Å². The summed E-state index contributed by atoms with van der Waals surface area (Å²) in [5, 5.41) is 15.3. The Balaban J connectivity index is 2.02. The van der Waals surface area contributed by atoms with Gasteiger partial charge in [0, 0.05) is 15.6 Å². The van der Waals surface area contributed by atoms with Crippen LogP contribution in [0.15, 0.2) is 60.0 Å². The van der Waals surface area contributed by atoms with E-state index in [1.54, 1.807) is 22.9 Å². The third-order valence-electron chi connectivity index (χ3n) is 4.52. The van der Waals surface area contributed by atoms with Gasteiger partial charge in [0.25, 0.3) is 0 Å². The maximum absolute atomic E-state index is 9.73. The third kappa shape index (κ3) is 2.74. The van der Waals surface area contributed by atoms with Gasteiger partial charge in [-0.05, 0) is 31.2 Å². The fraction of sp³-hybridized carbons (Fsp3) is 0.100. The van der Waals surface area contributed by atoms with Gasteiger partial charge in [-0.1, -0.05) is 47.5 Å². The minimum absolute atomic E-state index is 0.0167. The molecular weight excluding hydrogens is 383 g/mol. The van der Waals surface area contributed by atoms with E-state index in [4.69, 9.17) is 33.7 Å². The third-order valence-corrected chi connectivity index (χ3v) is 5.18. The first-order valence-corrected chi connectivity index (χ1v) is 8.95. The van der Waals surface area contributed by atoms with Crippen molar-refractivity contribution < 1.29 is 4.74 Å². The van der Waals surface area contributed by atoms with Crippen LogP contribution in [0.2, 0.25) is 10.0 Å². The van der Waals surface area contributed by atoms with Crippen LogP contribution < -0.4 is 10.5 Å². The van der Waals surface area contributed by atoms with E-state index in [1.165, 1.54) is 0 Å². The molecule has 0 saturated heterocycles. The molecule has 7 heteroatoms. The second kappa shape index (κ2) is 6.66. The van der Waals surface area contributed by atoms with Gasteiger partial charge in [-0.25, -0.2) is 4.68 Å². The minimum Gasteiger partial charge on any atom is -0.422 e. The van der Waals surface area contributed by atoms with Crippen LogP contribution in [0, 0.1) is 18.3 Å². The van der Waals surface area contributed by atoms with E-state index in [2.05, 4.69) is 11.2 Å². The first-order chi connectivity index (χ1) is 13.0. The van der Waals surface area contributed by atoms with Crippen molar-refractivity contribution in [2.24, 2.45) is 5.73 Å². The second-order valence-corrected chi connectivity index (χ2v) is 6.93. The van der Waals surface area contributed by atoms with E-state index in [1.807, 2.05) is 37.3 Å². The molecule has 0 fully saturated rings. The van der Waals surface area contributed by atoms with E-state index in [9.17, 15) is 5.26 Å². The first kappa shape index (κ1) is 17.5. The van der Waals surface area contributed by atoms with Gasteiger partial charge in [-0.3, -0.25) is 0 Å². The maximum Gasteiger partial charge on any atom is 0.229 e. The van der Waals surface area contributed by atoms with Crippen molar-refractivity contribution in [1.29, 1.82) is 5.26 Å². The molecule has 1 aliphatic heterocycles. The minimum atomic E-state index is -0.558. The number of nitriles is 1. The van der Waals surface area contributed by atoms with Gasteiger partial charge >= 0.3 is 0 Å². The van der Waals surface area contributed by atoms with Crippen LogP contribution in [0.1, 0.15) is 22.7 Å². The van der Waals surface area contributed by atoms with Crippen LogP contribution in [0.3, 0.4) is 0 Å². The highest BCUT2D eigenvalue weighted by molar-refractivity contribution is 6.36. The van der Waals surface area contributed by atoms with E-state index >= 15 is 0 Å². The summed E-state index contributed by atoms with van der Waals surface area (Å²) in [5.74, 6) is -0.0864. The van der Waals surface area contributed by atoms with Crippen LogP contribution in [0.5, 0.6) is 5.88 Å². The molecule has 2 N–H and O–H groups in total. The summed E-state index contributed by atoms with van der Waals surface area (Å²) >= 11 is 12.9. The van der Waals surface area contributed by atoms with Gasteiger partial charge in [0.2, 0.25) is 11.8 Å². The Hall–Kier alpha value is -2.94. The molecule has 0 unspecified atom stereocenters. The molecule has 0 amide bonds. The van der Waals surface area contributed by atoms with Crippen molar-refractivity contribution in [3.05, 3.63) is 86.9 Å². The number of hydrogen-bond donors (Lipinski definition) is 1. The summed E-state index contributed by atoms with van der Waals surface area (Å²) in [6.07, 6.45) is 0. The Bertz CT molecular complexity index is 1090. The van der Waals surface area contributed by atoms with E-state index in [-0.39, 0.29) is 11.5 Å². The summed E-state index contributed by atoms with van der Waals surface area (Å²) in [7, 11) is 0. The number of nitrogens with zero attached hydrogens (tertiary/aromatic N) is 3. The molecule has 2 aromatic carbocycles. The van der Waals surface area contributed by atoms with Crippen molar-refractivity contribution in [2.75, 3.05) is 0 Å². The van der Waals surface area contributed by atoms with E-state index < -0.39 is 5.92 Å². The Kier molecular flexibility index (Phi) is 4.31. The molecular formula is C20H14Cl2N4O. The average Bonchev–Trinajstić information content (AvgIpc) is 2.98. The fourth-order valence-electron chi connectivity index (χ4n) is 3.33. The normalized spacial score (nSPS) is 15.9. The van der Waals surface area contributed by atoms with Crippen molar-refractivity contribution in [3.8, 4) is 17.6 Å². The predicted molar refractivity (Wildman–Crippen MR) is 104 cm³/mol. The second-order valence-electron chi connectivity index (χ2n) is 6.11. The summed E-state index contributed by atoms with van der Waals surface area (Å²) in [5.41, 5.74) is 9.21. The number of hydrogen-bond acceptors (Lipinski definition) is 4. The zero-order valence-electron chi connectivity index (χ0n) is 14.3. The number of allylic oxidation sites excluding steroid dienone is 1. The molecule has 1 aromatic heterocycles. The number of rotatable bonds is 2. The standard InChI is InChI=1S/C20H14Cl2N4O/c1-11-16-17(18-14(21)8-5-9-15(18)22)13(10-23)19(24)27-20(16)26(25-11)12-6-3-2-4-7-12/h2-9,17H,24H2,1H3/t17-/m0/s1. The molecule has 3 aromatic rings. The van der Waals surface area contributed by atoms with Crippen LogP contribution in [-0.2, 0) is 0 Å². The topological polar surface area (TPSA) is 76.9 Å². The maximum atomic E-state index is 9.73. The van der Waals surface area contributed by atoms with Gasteiger partial charge in [0.05, 0.1) is 22.9 Å². The molecule has 134 valence electrons. The molecule has 4 rings (SSSR count). The Labute approximate surface area is 166 Å². The number of para-hydroxylation sites is 1. The van der Waals surface area contributed by atoms with Crippen LogP contribution in [0.25, 0.3) is 5.69 Å². The Morgan fingerprint density at radius 1 is 1.07 bits per heavy atom. The van der Waals surface area contributed by atoms with Gasteiger partial charge in [-0.15, -0.1) is 0 Å². The highest BCUT2D eigenvalue weighted by atomic mass is 35.5. The van der Waals surface area contributed by atoms with E-state index in [0.717, 1.165) is 11.3 Å². The van der Waals surface area contributed by atoms with Gasteiger partial charge in [0.15, 0.2) is 0 Å². The van der Waals surface area contributed by atoms with Gasteiger partial charge < -0.3 is 10.5 Å². The SMILES string of the molecule is Cc1nn(-c2ccccc2)c2c1[C@@H](c1c(Cl)cccc1Cl)C(C#N)=C(N)O2. The van der Waals surface area contributed by atoms with Crippen LogP contribution >= 0.6 is 23.2 Å². The smallest absolute Gasteiger partial charge is 0.229 e. The summed E-state index contributed by atoms with van der Waals surface area (Å²) < 4.78 is 7.49. The van der Waals surface area contributed by atoms with Crippen molar-refractivity contribution in [3.63, 3.8) is 0 Å². The van der Waals surface area contributed by atoms with Crippen molar-refractivity contribution in [2.45, 2.75) is 12.8 Å². The number of aromatic nitrogens is 2. The highest BCUT2D eigenvalue weighted by Gasteiger charge is 2.38. The average molecular weight is 397 g/mol. The van der Waals surface area contributed by atoms with Crippen LogP contribution in [-0.4, -0.2) is 9.78 Å². The molecule has 27 heavy (non-hydrogen) atoms. The number of ether oxygens (including phenoxy) is 1. The monoisotopic (exact) mass is 396 g/mol. The summed E-state index contributed by atoms with van der Waals surface area (Å²) in [6.45, 7) is 1.86. The molecule has 0 radical (unpaired) electrons. The Morgan fingerprint density at radius 3 is 2.37 bits per heavy atom. The lowest BCUT2D eigenvalue weighted by atomic mass is 9.84. The Morgan fingerprint density at radius 2 is 1.74 bits per heavy atom. The molecule has 0 saturated carbocycles. The fourth-order valence-corrected chi connectivity index (χ4v) is 3.95. The molecule has 1 aliphatic rings. The molecule has 2 heterocycles. The molecule has 0 bridgehead atoms. The largest absolute Gasteiger partial charge is 0.422 e. The molecule has 5 nitrogen and oxygen atoms in total. The number of aryl methyl sites for hydroxylation is 1. The van der Waals surface area contributed by atoms with Crippen molar-refractivity contribution in [1.82, 2.24) is 9.78 Å². The van der Waals surface area contributed by atoms with Crippen molar-refractivity contribution >= 4 is 23.2 Å². The number of benzene rings is 2. The quantitative estimate of drug-likeness (QED) is 0.680. The molecule has 0 aliphatic carbocycles. The lowest BCUT2D eigenvalue weighted by molar-refractivity contribution is 0.367. The number of halogens is 2. The summed E-state index contributed by atoms with van der Waals surface area (Å²) in [4.78, 5) is 0. The number of nitrogens with two attached hydrogens (primary N) is 1. The zero-order valence-corrected chi connectivity index (χ0v) is 15.8. The summed E-state index contributed by atoms with van der Waals surface area (Å²) in [6, 6.07) is 16.9. The first-order valence-electron chi connectivity index (χ1n) is 8.19. The predicted octanol–water partition coefficient (Wildman–Crippen LogP) is 4.71. The van der Waals surface area contributed by atoms with Gasteiger partial charge in [-0.2, -0.15) is 10.4 Å². The zero-order chi connectivity index (χ0) is 19.1. The lowest BCUT2D eigenvalue weighted by Gasteiger charge is -2.26. The highest BCUT2D eigenvalue weighted by Crippen LogP contribution is 2.48. The van der Waals surface area contributed by atoms with Gasteiger partial charge in [0.1, 0.15) is 11.6 Å². The van der Waals surface area contributed by atoms with Crippen LogP contribution in [0.4, 0.5) is 0 Å². The lowest BCUT2D eigenvalue weighted by Crippen LogP contribution is -2.22. The molecule has 1 atom stereocenters.